The van der Waals surface area contributed by atoms with Gasteiger partial charge in [0.05, 0.1) is 17.6 Å². The number of rotatable bonds is 5. The quantitative estimate of drug-likeness (QED) is 0.673. The third-order valence-corrected chi connectivity index (χ3v) is 4.84. The molecule has 0 aromatic heterocycles. The van der Waals surface area contributed by atoms with Gasteiger partial charge in [-0.3, -0.25) is 0 Å². The molecule has 0 amide bonds. The van der Waals surface area contributed by atoms with Crippen molar-refractivity contribution in [2.24, 2.45) is 0 Å². The number of sulfone groups is 1. The molecule has 0 aromatic rings. The van der Waals surface area contributed by atoms with Crippen LogP contribution >= 0.6 is 0 Å². The number of methoxy groups -OCH3 is 1. The van der Waals surface area contributed by atoms with Gasteiger partial charge in [-0.1, -0.05) is 6.42 Å². The van der Waals surface area contributed by atoms with Gasteiger partial charge >= 0.3 is 0 Å². The average molecular weight is 221 g/mol. The second-order valence-electron chi connectivity index (χ2n) is 3.68. The summed E-state index contributed by atoms with van der Waals surface area (Å²) in [6.45, 7) is 1.93. The van der Waals surface area contributed by atoms with Crippen molar-refractivity contribution >= 4 is 9.84 Å². The first-order chi connectivity index (χ1) is 6.67. The summed E-state index contributed by atoms with van der Waals surface area (Å²) < 4.78 is 28.0. The molecule has 1 rings (SSSR count). The first kappa shape index (κ1) is 11.9. The lowest BCUT2D eigenvalue weighted by Gasteiger charge is -2.22. The lowest BCUT2D eigenvalue weighted by molar-refractivity contribution is 0.199. The molecule has 1 aliphatic heterocycles. The molecule has 0 spiro atoms. The molecule has 0 radical (unpaired) electrons. The Balaban J connectivity index is 2.28. The molecule has 0 aromatic carbocycles. The summed E-state index contributed by atoms with van der Waals surface area (Å²) in [5.41, 5.74) is 0. The van der Waals surface area contributed by atoms with E-state index in [0.717, 1.165) is 25.8 Å². The molecule has 14 heavy (non-hydrogen) atoms. The van der Waals surface area contributed by atoms with E-state index in [1.807, 2.05) is 0 Å². The third kappa shape index (κ3) is 3.55. The van der Waals surface area contributed by atoms with Crippen LogP contribution in [0.5, 0.6) is 0 Å². The van der Waals surface area contributed by atoms with Gasteiger partial charge in [-0.15, -0.1) is 0 Å². The Labute approximate surface area is 85.9 Å². The zero-order chi connectivity index (χ0) is 10.4. The second-order valence-corrected chi connectivity index (χ2v) is 6.08. The van der Waals surface area contributed by atoms with E-state index in [1.165, 1.54) is 0 Å². The Morgan fingerprint density at radius 2 is 2.21 bits per heavy atom. The van der Waals surface area contributed by atoms with Gasteiger partial charge < -0.3 is 10.1 Å². The van der Waals surface area contributed by atoms with E-state index >= 15 is 0 Å². The van der Waals surface area contributed by atoms with E-state index in [9.17, 15) is 8.42 Å². The standard InChI is InChI=1S/C9H19NO3S/c1-13-6-5-10-8-9-4-2-3-7-14(9,11)12/h9-10H,2-8H2,1H3. The maximum absolute atomic E-state index is 11.6. The van der Waals surface area contributed by atoms with Crippen LogP contribution in [-0.4, -0.2) is 46.2 Å². The first-order valence-corrected chi connectivity index (χ1v) is 6.79. The summed E-state index contributed by atoms with van der Waals surface area (Å²) in [5.74, 6) is 0.365. The predicted octanol–water partition coefficient (Wildman–Crippen LogP) is 0.190. The Bertz CT molecular complexity index is 251. The van der Waals surface area contributed by atoms with Gasteiger partial charge in [-0.2, -0.15) is 0 Å². The highest BCUT2D eigenvalue weighted by atomic mass is 32.2. The van der Waals surface area contributed by atoms with Crippen molar-refractivity contribution in [1.29, 1.82) is 0 Å². The van der Waals surface area contributed by atoms with Crippen molar-refractivity contribution in [2.75, 3.05) is 32.6 Å². The average Bonchev–Trinajstić information content (AvgIpc) is 2.14. The van der Waals surface area contributed by atoms with Gasteiger partial charge in [0.2, 0.25) is 0 Å². The molecule has 84 valence electrons. The van der Waals surface area contributed by atoms with E-state index in [0.29, 0.717) is 18.9 Å². The summed E-state index contributed by atoms with van der Waals surface area (Å²) in [5, 5.41) is 2.93. The highest BCUT2D eigenvalue weighted by Gasteiger charge is 2.27. The molecular weight excluding hydrogens is 202 g/mol. The van der Waals surface area contributed by atoms with Gasteiger partial charge in [0.1, 0.15) is 0 Å². The third-order valence-electron chi connectivity index (χ3n) is 2.57. The summed E-state index contributed by atoms with van der Waals surface area (Å²) in [4.78, 5) is 0. The molecule has 1 aliphatic rings. The molecule has 1 saturated heterocycles. The Morgan fingerprint density at radius 3 is 2.86 bits per heavy atom. The largest absolute Gasteiger partial charge is 0.383 e. The summed E-state index contributed by atoms with van der Waals surface area (Å²) >= 11 is 0. The van der Waals surface area contributed by atoms with Crippen LogP contribution in [0.3, 0.4) is 0 Å². The topological polar surface area (TPSA) is 55.4 Å². The van der Waals surface area contributed by atoms with E-state index < -0.39 is 9.84 Å². The molecule has 5 heteroatoms. The van der Waals surface area contributed by atoms with Crippen molar-refractivity contribution in [3.8, 4) is 0 Å². The number of ether oxygens (including phenoxy) is 1. The Morgan fingerprint density at radius 1 is 1.43 bits per heavy atom. The zero-order valence-corrected chi connectivity index (χ0v) is 9.48. The molecule has 4 nitrogen and oxygen atoms in total. The number of hydrogen-bond acceptors (Lipinski definition) is 4. The molecule has 1 N–H and O–H groups in total. The SMILES string of the molecule is COCCNCC1CCCCS1(=O)=O. The van der Waals surface area contributed by atoms with Gasteiger partial charge in [0.25, 0.3) is 0 Å². The van der Waals surface area contributed by atoms with Crippen molar-refractivity contribution in [2.45, 2.75) is 24.5 Å². The van der Waals surface area contributed by atoms with Crippen molar-refractivity contribution < 1.29 is 13.2 Å². The van der Waals surface area contributed by atoms with Crippen molar-refractivity contribution in [3.05, 3.63) is 0 Å². The van der Waals surface area contributed by atoms with Gasteiger partial charge in [-0.05, 0) is 12.8 Å². The van der Waals surface area contributed by atoms with Gasteiger partial charge in [0, 0.05) is 20.2 Å². The fraction of sp³-hybridized carbons (Fsp3) is 1.00. The van der Waals surface area contributed by atoms with E-state index in [4.69, 9.17) is 4.74 Å². The monoisotopic (exact) mass is 221 g/mol. The van der Waals surface area contributed by atoms with Crippen LogP contribution in [-0.2, 0) is 14.6 Å². The van der Waals surface area contributed by atoms with Crippen LogP contribution in [0.25, 0.3) is 0 Å². The molecule has 0 bridgehead atoms. The van der Waals surface area contributed by atoms with Crippen LogP contribution in [0.1, 0.15) is 19.3 Å². The van der Waals surface area contributed by atoms with E-state index in [2.05, 4.69) is 5.32 Å². The van der Waals surface area contributed by atoms with Crippen LogP contribution in [0.2, 0.25) is 0 Å². The first-order valence-electron chi connectivity index (χ1n) is 5.08. The fourth-order valence-corrected chi connectivity index (χ4v) is 3.53. The Hall–Kier alpha value is -0.130. The Kier molecular flexibility index (Phi) is 4.84. The highest BCUT2D eigenvalue weighted by molar-refractivity contribution is 7.92. The van der Waals surface area contributed by atoms with Crippen LogP contribution in [0.15, 0.2) is 0 Å². The summed E-state index contributed by atoms with van der Waals surface area (Å²) in [6, 6.07) is 0. The van der Waals surface area contributed by atoms with Crippen molar-refractivity contribution in [1.82, 2.24) is 5.32 Å². The minimum Gasteiger partial charge on any atom is -0.383 e. The van der Waals surface area contributed by atoms with Crippen LogP contribution in [0.4, 0.5) is 0 Å². The predicted molar refractivity (Wildman–Crippen MR) is 56.2 cm³/mol. The minimum atomic E-state index is -2.81. The number of nitrogens with one attached hydrogen (secondary N) is 1. The fourth-order valence-electron chi connectivity index (χ4n) is 1.69. The summed E-state index contributed by atoms with van der Waals surface area (Å²) in [6.07, 6.45) is 2.68. The lowest BCUT2D eigenvalue weighted by Crippen LogP contribution is -2.38. The summed E-state index contributed by atoms with van der Waals surface area (Å²) in [7, 11) is -1.18. The van der Waals surface area contributed by atoms with Gasteiger partial charge in [0.15, 0.2) is 9.84 Å². The van der Waals surface area contributed by atoms with Crippen molar-refractivity contribution in [3.63, 3.8) is 0 Å². The lowest BCUT2D eigenvalue weighted by atomic mass is 10.2. The van der Waals surface area contributed by atoms with E-state index in [1.54, 1.807) is 7.11 Å². The van der Waals surface area contributed by atoms with Gasteiger partial charge in [-0.25, -0.2) is 8.42 Å². The highest BCUT2D eigenvalue weighted by Crippen LogP contribution is 2.18. The molecule has 0 aliphatic carbocycles. The van der Waals surface area contributed by atoms with Crippen LogP contribution < -0.4 is 5.32 Å². The smallest absolute Gasteiger partial charge is 0.154 e. The molecule has 0 saturated carbocycles. The van der Waals surface area contributed by atoms with Crippen LogP contribution in [0, 0.1) is 0 Å². The minimum absolute atomic E-state index is 0.173. The molecule has 1 atom stereocenters. The number of hydrogen-bond donors (Lipinski definition) is 1. The molecular formula is C9H19NO3S. The molecule has 1 fully saturated rings. The van der Waals surface area contributed by atoms with E-state index in [-0.39, 0.29) is 5.25 Å². The maximum Gasteiger partial charge on any atom is 0.154 e. The molecule has 1 unspecified atom stereocenters. The zero-order valence-electron chi connectivity index (χ0n) is 8.66. The normalized spacial score (nSPS) is 26.2. The maximum atomic E-state index is 11.6. The molecule has 1 heterocycles. The second kappa shape index (κ2) is 5.68.